The van der Waals surface area contributed by atoms with Crippen LogP contribution in [0.3, 0.4) is 0 Å². The molecule has 2 atom stereocenters. The molecule has 1 amide bonds. The lowest BCUT2D eigenvalue weighted by atomic mass is 10.2. The predicted molar refractivity (Wildman–Crippen MR) is 100 cm³/mol. The van der Waals surface area contributed by atoms with E-state index in [9.17, 15) is 4.79 Å². The van der Waals surface area contributed by atoms with Gasteiger partial charge >= 0.3 is 0 Å². The van der Waals surface area contributed by atoms with Gasteiger partial charge in [0.1, 0.15) is 12.4 Å². The average molecular weight is 372 g/mol. The molecule has 2 aliphatic rings. The number of carbonyl (C=O) groups is 1. The minimum absolute atomic E-state index is 0.159. The monoisotopic (exact) mass is 371 g/mol. The lowest BCUT2D eigenvalue weighted by Gasteiger charge is -2.10. The molecule has 1 aliphatic heterocycles. The van der Waals surface area contributed by atoms with Crippen molar-refractivity contribution in [2.45, 2.75) is 25.4 Å². The second-order valence-corrected chi connectivity index (χ2v) is 7.45. The Bertz CT molecular complexity index is 780. The van der Waals surface area contributed by atoms with E-state index in [2.05, 4.69) is 15.2 Å². The summed E-state index contributed by atoms with van der Waals surface area (Å²) in [4.78, 5) is 18.7. The number of benzene rings is 1. The summed E-state index contributed by atoms with van der Waals surface area (Å²) in [6, 6.07) is 9.43. The van der Waals surface area contributed by atoms with Gasteiger partial charge in [-0.15, -0.1) is 0 Å². The second-order valence-electron chi connectivity index (χ2n) is 7.05. The standard InChI is InChI=1S/C20H22ClN3O2/c21-18-9-16(20(25)23-10-14-5-7-22-8-6-14)3-4-19(18)26-13-17-12-24(17)11-15-1-2-15/h3-9,15,17H,1-2,10-13H2,(H,23,25). The Hall–Kier alpha value is -2.11. The Balaban J connectivity index is 1.27. The molecule has 26 heavy (non-hydrogen) atoms. The fraction of sp³-hybridized carbons (Fsp3) is 0.400. The largest absolute Gasteiger partial charge is 0.490 e. The molecule has 1 saturated carbocycles. The summed E-state index contributed by atoms with van der Waals surface area (Å²) >= 11 is 6.30. The van der Waals surface area contributed by atoms with Gasteiger partial charge < -0.3 is 10.1 Å². The van der Waals surface area contributed by atoms with Gasteiger partial charge in [0.2, 0.25) is 0 Å². The minimum atomic E-state index is -0.159. The van der Waals surface area contributed by atoms with Crippen molar-refractivity contribution in [3.63, 3.8) is 0 Å². The second kappa shape index (κ2) is 7.64. The van der Waals surface area contributed by atoms with E-state index < -0.39 is 0 Å². The maximum absolute atomic E-state index is 12.3. The number of pyridine rings is 1. The molecule has 2 aromatic rings. The molecule has 1 saturated heterocycles. The quantitative estimate of drug-likeness (QED) is 0.724. The molecule has 0 radical (unpaired) electrons. The van der Waals surface area contributed by atoms with Crippen LogP contribution < -0.4 is 10.1 Å². The first kappa shape index (κ1) is 17.3. The van der Waals surface area contributed by atoms with Crippen LogP contribution in [-0.4, -0.2) is 41.5 Å². The Labute approximate surface area is 158 Å². The highest BCUT2D eigenvalue weighted by Gasteiger charge is 2.38. The van der Waals surface area contributed by atoms with E-state index in [1.807, 2.05) is 12.1 Å². The van der Waals surface area contributed by atoms with Crippen LogP contribution in [0.15, 0.2) is 42.7 Å². The van der Waals surface area contributed by atoms with Gasteiger partial charge in [-0.2, -0.15) is 0 Å². The summed E-state index contributed by atoms with van der Waals surface area (Å²) < 4.78 is 5.84. The molecule has 5 nitrogen and oxygen atoms in total. The molecule has 4 rings (SSSR count). The normalized spacial score (nSPS) is 21.3. The van der Waals surface area contributed by atoms with Gasteiger partial charge in [-0.1, -0.05) is 11.6 Å². The van der Waals surface area contributed by atoms with Crippen molar-refractivity contribution in [1.29, 1.82) is 0 Å². The number of amides is 1. The summed E-state index contributed by atoms with van der Waals surface area (Å²) in [7, 11) is 0. The smallest absolute Gasteiger partial charge is 0.251 e. The number of carbonyl (C=O) groups excluding carboxylic acids is 1. The number of nitrogens with zero attached hydrogens (tertiary/aromatic N) is 2. The zero-order chi connectivity index (χ0) is 17.9. The molecular weight excluding hydrogens is 350 g/mol. The predicted octanol–water partition coefficient (Wildman–Crippen LogP) is 3.14. The molecule has 6 heteroatoms. The first-order valence-corrected chi connectivity index (χ1v) is 9.40. The van der Waals surface area contributed by atoms with Crippen molar-refractivity contribution < 1.29 is 9.53 Å². The lowest BCUT2D eigenvalue weighted by molar-refractivity contribution is 0.0951. The van der Waals surface area contributed by atoms with Crippen molar-refractivity contribution in [3.05, 3.63) is 58.9 Å². The van der Waals surface area contributed by atoms with Crippen LogP contribution in [0.4, 0.5) is 0 Å². The SMILES string of the molecule is O=C(NCc1ccncc1)c1ccc(OCC2CN2CC2CC2)c(Cl)c1. The van der Waals surface area contributed by atoms with Crippen molar-refractivity contribution in [2.24, 2.45) is 5.92 Å². The third kappa shape index (κ3) is 4.54. The fourth-order valence-corrected chi connectivity index (χ4v) is 3.20. The van der Waals surface area contributed by atoms with Gasteiger partial charge in [0.25, 0.3) is 5.91 Å². The van der Waals surface area contributed by atoms with Gasteiger partial charge in [0.05, 0.1) is 11.1 Å². The minimum Gasteiger partial charge on any atom is -0.490 e. The van der Waals surface area contributed by atoms with E-state index in [1.165, 1.54) is 19.4 Å². The number of rotatable bonds is 8. The van der Waals surface area contributed by atoms with E-state index >= 15 is 0 Å². The summed E-state index contributed by atoms with van der Waals surface area (Å²) in [6.45, 7) is 3.43. The van der Waals surface area contributed by atoms with Gasteiger partial charge in [-0.3, -0.25) is 14.7 Å². The first-order valence-electron chi connectivity index (χ1n) is 9.02. The molecule has 1 N–H and O–H groups in total. The van der Waals surface area contributed by atoms with Crippen LogP contribution >= 0.6 is 11.6 Å². The maximum atomic E-state index is 12.3. The molecule has 1 aliphatic carbocycles. The molecule has 136 valence electrons. The highest BCUT2D eigenvalue weighted by Crippen LogP contribution is 2.34. The highest BCUT2D eigenvalue weighted by atomic mass is 35.5. The number of ether oxygens (including phenoxy) is 1. The molecular formula is C20H22ClN3O2. The van der Waals surface area contributed by atoms with E-state index in [-0.39, 0.29) is 5.91 Å². The number of hydrogen-bond acceptors (Lipinski definition) is 4. The topological polar surface area (TPSA) is 54.2 Å². The maximum Gasteiger partial charge on any atom is 0.251 e. The van der Waals surface area contributed by atoms with Crippen LogP contribution in [0.2, 0.25) is 5.02 Å². The lowest BCUT2D eigenvalue weighted by Crippen LogP contribution is -2.22. The van der Waals surface area contributed by atoms with E-state index in [0.717, 1.165) is 18.0 Å². The molecule has 1 aromatic heterocycles. The van der Waals surface area contributed by atoms with Crippen LogP contribution in [0.5, 0.6) is 5.75 Å². The van der Waals surface area contributed by atoms with Crippen LogP contribution in [0, 0.1) is 5.92 Å². The molecule has 0 spiro atoms. The number of hydrogen-bond donors (Lipinski definition) is 1. The summed E-state index contributed by atoms with van der Waals surface area (Å²) in [5.74, 6) is 1.39. The van der Waals surface area contributed by atoms with Gasteiger partial charge in [0.15, 0.2) is 0 Å². The van der Waals surface area contributed by atoms with E-state index in [0.29, 0.717) is 35.5 Å². The molecule has 2 fully saturated rings. The Morgan fingerprint density at radius 2 is 2.08 bits per heavy atom. The van der Waals surface area contributed by atoms with Crippen molar-refractivity contribution in [1.82, 2.24) is 15.2 Å². The summed E-state index contributed by atoms with van der Waals surface area (Å²) in [5.41, 5.74) is 1.53. The van der Waals surface area contributed by atoms with Gasteiger partial charge in [0, 0.05) is 37.6 Å². The molecule has 2 heterocycles. The fourth-order valence-electron chi connectivity index (χ4n) is 2.97. The van der Waals surface area contributed by atoms with Crippen LogP contribution in [0.1, 0.15) is 28.8 Å². The van der Waals surface area contributed by atoms with Crippen molar-refractivity contribution in [2.75, 3.05) is 19.7 Å². The Kier molecular flexibility index (Phi) is 5.09. The van der Waals surface area contributed by atoms with Gasteiger partial charge in [-0.05, 0) is 54.7 Å². The first-order chi connectivity index (χ1) is 12.7. The average Bonchev–Trinajstić information content (AvgIpc) is 3.58. The number of nitrogens with one attached hydrogen (secondary N) is 1. The molecule has 2 unspecified atom stereocenters. The van der Waals surface area contributed by atoms with Crippen LogP contribution in [-0.2, 0) is 6.54 Å². The molecule has 1 aromatic carbocycles. The van der Waals surface area contributed by atoms with Crippen molar-refractivity contribution in [3.8, 4) is 5.75 Å². The zero-order valence-corrected chi connectivity index (χ0v) is 15.3. The number of aromatic nitrogens is 1. The summed E-state index contributed by atoms with van der Waals surface area (Å²) in [6.07, 6.45) is 6.16. The van der Waals surface area contributed by atoms with Crippen molar-refractivity contribution >= 4 is 17.5 Å². The Morgan fingerprint density at radius 1 is 1.27 bits per heavy atom. The van der Waals surface area contributed by atoms with Crippen LogP contribution in [0.25, 0.3) is 0 Å². The summed E-state index contributed by atoms with van der Waals surface area (Å²) in [5, 5.41) is 3.35. The highest BCUT2D eigenvalue weighted by molar-refractivity contribution is 6.32. The third-order valence-corrected chi connectivity index (χ3v) is 5.14. The van der Waals surface area contributed by atoms with Gasteiger partial charge in [-0.25, -0.2) is 0 Å². The third-order valence-electron chi connectivity index (χ3n) is 4.85. The molecule has 0 bridgehead atoms. The zero-order valence-electron chi connectivity index (χ0n) is 14.5. The van der Waals surface area contributed by atoms with E-state index in [4.69, 9.17) is 16.3 Å². The Morgan fingerprint density at radius 3 is 2.81 bits per heavy atom. The number of halogens is 1. The van der Waals surface area contributed by atoms with E-state index in [1.54, 1.807) is 30.6 Å².